The zero-order valence-corrected chi connectivity index (χ0v) is 25.4. The molecular formula is C31H38N4O5S. The molecule has 5 rings (SSSR count). The molecule has 0 N–H and O–H groups in total. The summed E-state index contributed by atoms with van der Waals surface area (Å²) in [4.78, 5) is 30.9. The van der Waals surface area contributed by atoms with E-state index in [1.165, 1.54) is 0 Å². The highest BCUT2D eigenvalue weighted by atomic mass is 32.2. The Kier molecular flexibility index (Phi) is 8.22. The fourth-order valence-corrected chi connectivity index (χ4v) is 6.65. The standard InChI is InChI=1S/C31H38N4O5S/c1-31(2,3)29-27-28(20-9-14-23(39-5)24(17-20)40-6)41-19-26(37)34(18-25(36)33-15-7-8-16-33)30(27)35(32-29)21-10-12-22(38-4)13-11-21/h9-14,17,28H,7-8,15-16,18-19H2,1-6H3/t28-/m1/s1. The molecule has 9 nitrogen and oxygen atoms in total. The van der Waals surface area contributed by atoms with Gasteiger partial charge in [0, 0.05) is 24.1 Å². The first-order valence-corrected chi connectivity index (χ1v) is 14.9. The number of carbonyl (C=O) groups excluding carboxylic acids is 2. The van der Waals surface area contributed by atoms with Crippen LogP contribution in [0.3, 0.4) is 0 Å². The number of methoxy groups -OCH3 is 3. The number of carbonyl (C=O) groups is 2. The van der Waals surface area contributed by atoms with Gasteiger partial charge < -0.3 is 19.1 Å². The number of thioether (sulfide) groups is 1. The van der Waals surface area contributed by atoms with Crippen molar-refractivity contribution in [1.29, 1.82) is 0 Å². The van der Waals surface area contributed by atoms with E-state index in [0.29, 0.717) is 17.3 Å². The van der Waals surface area contributed by atoms with Gasteiger partial charge in [-0.25, -0.2) is 4.68 Å². The minimum absolute atomic E-state index is 0.0313. The third-order valence-corrected chi connectivity index (χ3v) is 8.83. The zero-order chi connectivity index (χ0) is 29.3. The van der Waals surface area contributed by atoms with E-state index in [2.05, 4.69) is 20.8 Å². The van der Waals surface area contributed by atoms with Gasteiger partial charge in [-0.15, -0.1) is 11.8 Å². The molecule has 0 radical (unpaired) electrons. The van der Waals surface area contributed by atoms with Gasteiger partial charge in [0.1, 0.15) is 18.1 Å². The van der Waals surface area contributed by atoms with E-state index < -0.39 is 0 Å². The summed E-state index contributed by atoms with van der Waals surface area (Å²) in [5.74, 6) is 2.64. The van der Waals surface area contributed by atoms with E-state index in [1.807, 2.05) is 52.0 Å². The summed E-state index contributed by atoms with van der Waals surface area (Å²) in [6.07, 6.45) is 1.97. The minimum atomic E-state index is -0.352. The average Bonchev–Trinajstić information content (AvgIpc) is 3.62. The van der Waals surface area contributed by atoms with Crippen molar-refractivity contribution in [3.05, 3.63) is 59.3 Å². The molecule has 1 aromatic heterocycles. The Morgan fingerprint density at radius 3 is 2.27 bits per heavy atom. The number of likely N-dealkylation sites (tertiary alicyclic amines) is 1. The second-order valence-corrected chi connectivity index (χ2v) is 12.4. The summed E-state index contributed by atoms with van der Waals surface area (Å²) in [5, 5.41) is 4.93. The van der Waals surface area contributed by atoms with Gasteiger partial charge in [0.15, 0.2) is 11.5 Å². The first-order chi connectivity index (χ1) is 19.7. The van der Waals surface area contributed by atoms with E-state index in [9.17, 15) is 9.59 Å². The van der Waals surface area contributed by atoms with Gasteiger partial charge >= 0.3 is 0 Å². The van der Waals surface area contributed by atoms with Crippen LogP contribution in [0.5, 0.6) is 17.2 Å². The number of nitrogens with zero attached hydrogens (tertiary/aromatic N) is 4. The minimum Gasteiger partial charge on any atom is -0.497 e. The van der Waals surface area contributed by atoms with Gasteiger partial charge in [-0.2, -0.15) is 5.10 Å². The molecule has 2 aromatic carbocycles. The molecular weight excluding hydrogens is 540 g/mol. The van der Waals surface area contributed by atoms with Crippen molar-refractivity contribution in [3.8, 4) is 22.9 Å². The molecule has 0 spiro atoms. The van der Waals surface area contributed by atoms with Crippen LogP contribution in [0.4, 0.5) is 5.82 Å². The van der Waals surface area contributed by atoms with Crippen molar-refractivity contribution in [1.82, 2.24) is 14.7 Å². The number of ether oxygens (including phenoxy) is 3. The lowest BCUT2D eigenvalue weighted by atomic mass is 9.87. The van der Waals surface area contributed by atoms with Crippen LogP contribution in [0.25, 0.3) is 5.69 Å². The topological polar surface area (TPSA) is 86.1 Å². The van der Waals surface area contributed by atoms with Gasteiger partial charge in [0.25, 0.3) is 0 Å². The maximum Gasteiger partial charge on any atom is 0.242 e. The summed E-state index contributed by atoms with van der Waals surface area (Å²) in [5.41, 5.74) is 3.18. The van der Waals surface area contributed by atoms with Crippen molar-refractivity contribution >= 4 is 29.4 Å². The molecule has 218 valence electrons. The van der Waals surface area contributed by atoms with E-state index in [1.54, 1.807) is 38.0 Å². The van der Waals surface area contributed by atoms with Crippen molar-refractivity contribution in [3.63, 3.8) is 0 Å². The molecule has 1 atom stereocenters. The molecule has 2 aliphatic rings. The first-order valence-electron chi connectivity index (χ1n) is 13.9. The van der Waals surface area contributed by atoms with Crippen molar-refractivity contribution in [2.45, 2.75) is 44.3 Å². The number of anilines is 1. The van der Waals surface area contributed by atoms with Gasteiger partial charge in [0.05, 0.1) is 43.7 Å². The van der Waals surface area contributed by atoms with Crippen LogP contribution in [0.15, 0.2) is 42.5 Å². The lowest BCUT2D eigenvalue weighted by Crippen LogP contribution is -2.43. The number of aromatic nitrogens is 2. The van der Waals surface area contributed by atoms with Crippen LogP contribution in [0, 0.1) is 0 Å². The Hall–Kier alpha value is -3.66. The van der Waals surface area contributed by atoms with Gasteiger partial charge in [-0.05, 0) is 54.8 Å². The second-order valence-electron chi connectivity index (χ2n) is 11.3. The number of hydrogen-bond donors (Lipinski definition) is 0. The Labute approximate surface area is 245 Å². The van der Waals surface area contributed by atoms with Crippen LogP contribution < -0.4 is 19.1 Å². The maximum absolute atomic E-state index is 13.9. The van der Waals surface area contributed by atoms with Crippen molar-refractivity contribution < 1.29 is 23.8 Å². The number of rotatable bonds is 7. The molecule has 0 aliphatic carbocycles. The smallest absolute Gasteiger partial charge is 0.242 e. The molecule has 0 bridgehead atoms. The lowest BCUT2D eigenvalue weighted by molar-refractivity contribution is -0.130. The Bertz CT molecular complexity index is 1420. The molecule has 0 saturated carbocycles. The van der Waals surface area contributed by atoms with E-state index in [4.69, 9.17) is 19.3 Å². The molecule has 0 unspecified atom stereocenters. The Morgan fingerprint density at radius 2 is 1.66 bits per heavy atom. The number of hydrogen-bond acceptors (Lipinski definition) is 7. The largest absolute Gasteiger partial charge is 0.497 e. The quantitative estimate of drug-likeness (QED) is 0.391. The normalized spacial score (nSPS) is 17.3. The highest BCUT2D eigenvalue weighted by molar-refractivity contribution is 8.00. The van der Waals surface area contributed by atoms with Crippen LogP contribution in [0.1, 0.15) is 55.7 Å². The molecule has 2 amide bonds. The highest BCUT2D eigenvalue weighted by Gasteiger charge is 2.40. The summed E-state index contributed by atoms with van der Waals surface area (Å²) in [6.45, 7) is 7.78. The number of amides is 2. The average molecular weight is 579 g/mol. The summed E-state index contributed by atoms with van der Waals surface area (Å²) >= 11 is 1.54. The first kappa shape index (κ1) is 28.9. The van der Waals surface area contributed by atoms with Crippen LogP contribution in [-0.4, -0.2) is 73.2 Å². The molecule has 2 aliphatic heterocycles. The monoisotopic (exact) mass is 578 g/mol. The lowest BCUT2D eigenvalue weighted by Gasteiger charge is -2.26. The van der Waals surface area contributed by atoms with Crippen LogP contribution in [-0.2, 0) is 15.0 Å². The molecule has 1 fully saturated rings. The summed E-state index contributed by atoms with van der Waals surface area (Å²) < 4.78 is 18.3. The Morgan fingerprint density at radius 1 is 0.976 bits per heavy atom. The highest BCUT2D eigenvalue weighted by Crippen LogP contribution is 2.49. The van der Waals surface area contributed by atoms with Gasteiger partial charge in [-0.3, -0.25) is 14.5 Å². The fraction of sp³-hybridized carbons (Fsp3) is 0.452. The second kappa shape index (κ2) is 11.7. The van der Waals surface area contributed by atoms with Crippen molar-refractivity contribution in [2.75, 3.05) is 51.6 Å². The Balaban J connectivity index is 1.74. The molecule has 41 heavy (non-hydrogen) atoms. The van der Waals surface area contributed by atoms with Crippen molar-refractivity contribution in [2.24, 2.45) is 0 Å². The summed E-state index contributed by atoms with van der Waals surface area (Å²) in [6, 6.07) is 13.5. The van der Waals surface area contributed by atoms with Crippen LogP contribution >= 0.6 is 11.8 Å². The molecule has 3 aromatic rings. The van der Waals surface area contributed by atoms with E-state index in [-0.39, 0.29) is 34.8 Å². The third kappa shape index (κ3) is 5.62. The third-order valence-electron chi connectivity index (χ3n) is 7.58. The number of benzene rings is 2. The molecule has 3 heterocycles. The van der Waals surface area contributed by atoms with Gasteiger partial charge in [0.2, 0.25) is 11.8 Å². The molecule has 10 heteroatoms. The fourth-order valence-electron chi connectivity index (χ4n) is 5.46. The predicted molar refractivity (Wildman–Crippen MR) is 161 cm³/mol. The predicted octanol–water partition coefficient (Wildman–Crippen LogP) is 4.99. The zero-order valence-electron chi connectivity index (χ0n) is 24.6. The van der Waals surface area contributed by atoms with E-state index in [0.717, 1.165) is 54.2 Å². The number of fused-ring (bicyclic) bond motifs is 1. The van der Waals surface area contributed by atoms with Gasteiger partial charge in [-0.1, -0.05) is 26.8 Å². The maximum atomic E-state index is 13.9. The molecule has 1 saturated heterocycles. The van der Waals surface area contributed by atoms with E-state index >= 15 is 0 Å². The summed E-state index contributed by atoms with van der Waals surface area (Å²) in [7, 11) is 4.85. The SMILES string of the molecule is COc1ccc(-n2nc(C(C)(C)C)c3c2N(CC(=O)N2CCCC2)C(=O)CS[C@@H]3c2ccc(OC)c(OC)c2)cc1. The van der Waals surface area contributed by atoms with Crippen LogP contribution in [0.2, 0.25) is 0 Å².